The molecular formula is C14H20N6. The Bertz CT molecular complexity index is 520. The number of nitrogens with two attached hydrogens (primary N) is 1. The first-order valence-electron chi connectivity index (χ1n) is 6.76. The molecule has 20 heavy (non-hydrogen) atoms. The summed E-state index contributed by atoms with van der Waals surface area (Å²) in [6.07, 6.45) is 2.57. The standard InChI is InChI=1S/C14H20N6/c1-3-12-17-13(19-15)9-14(18-12)20(4-2)10-11-7-5-6-8-16-11/h5-9H,3-4,10,15H2,1-2H3,(H,17,18,19). The van der Waals surface area contributed by atoms with Gasteiger partial charge in [0, 0.05) is 25.2 Å². The van der Waals surface area contributed by atoms with Gasteiger partial charge < -0.3 is 10.3 Å². The van der Waals surface area contributed by atoms with E-state index in [1.54, 1.807) is 6.20 Å². The van der Waals surface area contributed by atoms with Crippen LogP contribution in [-0.4, -0.2) is 21.5 Å². The van der Waals surface area contributed by atoms with Gasteiger partial charge in [-0.2, -0.15) is 0 Å². The maximum atomic E-state index is 5.47. The van der Waals surface area contributed by atoms with E-state index in [0.717, 1.165) is 30.3 Å². The highest BCUT2D eigenvalue weighted by Crippen LogP contribution is 2.17. The van der Waals surface area contributed by atoms with Crippen LogP contribution in [-0.2, 0) is 13.0 Å². The number of aromatic nitrogens is 3. The zero-order valence-electron chi connectivity index (χ0n) is 11.9. The van der Waals surface area contributed by atoms with E-state index in [0.29, 0.717) is 12.4 Å². The van der Waals surface area contributed by atoms with Crippen LogP contribution in [0.25, 0.3) is 0 Å². The van der Waals surface area contributed by atoms with Crippen molar-refractivity contribution in [2.45, 2.75) is 26.8 Å². The third kappa shape index (κ3) is 3.42. The monoisotopic (exact) mass is 272 g/mol. The fraction of sp³-hybridized carbons (Fsp3) is 0.357. The van der Waals surface area contributed by atoms with Gasteiger partial charge in [-0.1, -0.05) is 13.0 Å². The Balaban J connectivity index is 2.26. The second kappa shape index (κ2) is 6.81. The third-order valence-electron chi connectivity index (χ3n) is 3.01. The van der Waals surface area contributed by atoms with Crippen LogP contribution in [0, 0.1) is 0 Å². The zero-order chi connectivity index (χ0) is 14.4. The SMILES string of the molecule is CCc1nc(NN)cc(N(CC)Cc2ccccn2)n1. The summed E-state index contributed by atoms with van der Waals surface area (Å²) in [6, 6.07) is 7.76. The molecule has 3 N–H and O–H groups in total. The minimum absolute atomic E-state index is 0.631. The van der Waals surface area contributed by atoms with Gasteiger partial charge in [0.15, 0.2) is 0 Å². The van der Waals surface area contributed by atoms with Gasteiger partial charge in [-0.25, -0.2) is 15.8 Å². The summed E-state index contributed by atoms with van der Waals surface area (Å²) in [6.45, 7) is 5.66. The first kappa shape index (κ1) is 14.2. The average Bonchev–Trinajstić information content (AvgIpc) is 2.53. The van der Waals surface area contributed by atoms with Crippen molar-refractivity contribution in [3.8, 4) is 0 Å². The van der Waals surface area contributed by atoms with E-state index in [2.05, 4.69) is 32.2 Å². The summed E-state index contributed by atoms with van der Waals surface area (Å²) < 4.78 is 0. The highest BCUT2D eigenvalue weighted by Gasteiger charge is 2.10. The average molecular weight is 272 g/mol. The van der Waals surface area contributed by atoms with Gasteiger partial charge in [0.25, 0.3) is 0 Å². The number of nitrogens with one attached hydrogen (secondary N) is 1. The number of anilines is 2. The molecule has 0 radical (unpaired) electrons. The van der Waals surface area contributed by atoms with Crippen LogP contribution >= 0.6 is 0 Å². The summed E-state index contributed by atoms with van der Waals surface area (Å²) >= 11 is 0. The lowest BCUT2D eigenvalue weighted by Gasteiger charge is -2.22. The first-order valence-corrected chi connectivity index (χ1v) is 6.76. The largest absolute Gasteiger partial charge is 0.351 e. The molecule has 0 aliphatic heterocycles. The molecule has 2 aromatic rings. The lowest BCUT2D eigenvalue weighted by Crippen LogP contribution is -2.25. The van der Waals surface area contributed by atoms with Crippen molar-refractivity contribution < 1.29 is 0 Å². The number of rotatable bonds is 6. The first-order chi connectivity index (χ1) is 9.76. The lowest BCUT2D eigenvalue weighted by molar-refractivity contribution is 0.780. The van der Waals surface area contributed by atoms with Crippen molar-refractivity contribution in [3.05, 3.63) is 42.0 Å². The topological polar surface area (TPSA) is 80.0 Å². The fourth-order valence-electron chi connectivity index (χ4n) is 1.92. The summed E-state index contributed by atoms with van der Waals surface area (Å²) in [5.74, 6) is 7.73. The molecule has 0 saturated carbocycles. The molecule has 2 heterocycles. The van der Waals surface area contributed by atoms with Crippen molar-refractivity contribution in [1.29, 1.82) is 0 Å². The zero-order valence-corrected chi connectivity index (χ0v) is 11.9. The van der Waals surface area contributed by atoms with E-state index in [9.17, 15) is 0 Å². The van der Waals surface area contributed by atoms with E-state index in [1.165, 1.54) is 0 Å². The Kier molecular flexibility index (Phi) is 4.84. The minimum atomic E-state index is 0.631. The Labute approximate surface area is 119 Å². The summed E-state index contributed by atoms with van der Waals surface area (Å²) in [4.78, 5) is 15.4. The number of nitrogens with zero attached hydrogens (tertiary/aromatic N) is 4. The molecule has 2 aromatic heterocycles. The number of hydrazine groups is 1. The number of hydrogen-bond donors (Lipinski definition) is 2. The molecule has 0 amide bonds. The minimum Gasteiger partial charge on any atom is -0.351 e. The van der Waals surface area contributed by atoms with Gasteiger partial charge in [0.1, 0.15) is 17.5 Å². The second-order valence-corrected chi connectivity index (χ2v) is 4.36. The van der Waals surface area contributed by atoms with Crippen LogP contribution in [0.1, 0.15) is 25.4 Å². The quantitative estimate of drug-likeness (QED) is 0.616. The molecule has 0 saturated heterocycles. The van der Waals surface area contributed by atoms with E-state index < -0.39 is 0 Å². The van der Waals surface area contributed by atoms with Crippen molar-refractivity contribution in [3.63, 3.8) is 0 Å². The van der Waals surface area contributed by atoms with Crippen LogP contribution in [0.2, 0.25) is 0 Å². The molecule has 106 valence electrons. The Morgan fingerprint density at radius 2 is 2.10 bits per heavy atom. The molecule has 0 unspecified atom stereocenters. The summed E-state index contributed by atoms with van der Waals surface area (Å²) in [5, 5.41) is 0. The molecule has 0 aromatic carbocycles. The van der Waals surface area contributed by atoms with Gasteiger partial charge in [-0.15, -0.1) is 0 Å². The fourth-order valence-corrected chi connectivity index (χ4v) is 1.92. The molecular weight excluding hydrogens is 252 g/mol. The van der Waals surface area contributed by atoms with Gasteiger partial charge >= 0.3 is 0 Å². The van der Waals surface area contributed by atoms with Gasteiger partial charge in [-0.3, -0.25) is 4.98 Å². The van der Waals surface area contributed by atoms with E-state index in [1.807, 2.05) is 31.2 Å². The van der Waals surface area contributed by atoms with Crippen LogP contribution in [0.4, 0.5) is 11.6 Å². The highest BCUT2D eigenvalue weighted by molar-refractivity contribution is 5.49. The Hall–Kier alpha value is -2.21. The molecule has 0 aliphatic rings. The molecule has 6 heteroatoms. The second-order valence-electron chi connectivity index (χ2n) is 4.36. The Morgan fingerprint density at radius 3 is 2.70 bits per heavy atom. The number of pyridine rings is 1. The van der Waals surface area contributed by atoms with Crippen LogP contribution in [0.15, 0.2) is 30.5 Å². The maximum Gasteiger partial charge on any atom is 0.145 e. The predicted octanol–water partition coefficient (Wildman–Crippen LogP) is 1.75. The van der Waals surface area contributed by atoms with Crippen LogP contribution in [0.5, 0.6) is 0 Å². The summed E-state index contributed by atoms with van der Waals surface area (Å²) in [7, 11) is 0. The molecule has 0 spiro atoms. The molecule has 0 bridgehead atoms. The van der Waals surface area contributed by atoms with Gasteiger partial charge in [-0.05, 0) is 19.1 Å². The number of aryl methyl sites for hydroxylation is 1. The molecule has 2 rings (SSSR count). The van der Waals surface area contributed by atoms with Crippen molar-refractivity contribution in [2.75, 3.05) is 16.9 Å². The van der Waals surface area contributed by atoms with Crippen molar-refractivity contribution in [2.24, 2.45) is 5.84 Å². The van der Waals surface area contributed by atoms with Gasteiger partial charge in [0.05, 0.1) is 12.2 Å². The number of nitrogen functional groups attached to an aromatic ring is 1. The molecule has 6 nitrogen and oxygen atoms in total. The lowest BCUT2D eigenvalue weighted by atomic mass is 10.3. The molecule has 0 aliphatic carbocycles. The Morgan fingerprint density at radius 1 is 1.25 bits per heavy atom. The van der Waals surface area contributed by atoms with Crippen molar-refractivity contribution in [1.82, 2.24) is 15.0 Å². The smallest absolute Gasteiger partial charge is 0.145 e. The normalized spacial score (nSPS) is 10.3. The molecule has 0 fully saturated rings. The predicted molar refractivity (Wildman–Crippen MR) is 80.2 cm³/mol. The van der Waals surface area contributed by atoms with E-state index in [-0.39, 0.29) is 0 Å². The summed E-state index contributed by atoms with van der Waals surface area (Å²) in [5.41, 5.74) is 3.60. The van der Waals surface area contributed by atoms with Crippen LogP contribution < -0.4 is 16.2 Å². The third-order valence-corrected chi connectivity index (χ3v) is 3.01. The highest BCUT2D eigenvalue weighted by atomic mass is 15.3. The van der Waals surface area contributed by atoms with E-state index in [4.69, 9.17) is 5.84 Å². The van der Waals surface area contributed by atoms with Crippen molar-refractivity contribution >= 4 is 11.6 Å². The maximum absolute atomic E-state index is 5.47. The van der Waals surface area contributed by atoms with Gasteiger partial charge in [0.2, 0.25) is 0 Å². The number of hydrogen-bond acceptors (Lipinski definition) is 6. The van der Waals surface area contributed by atoms with E-state index >= 15 is 0 Å². The van der Waals surface area contributed by atoms with Crippen LogP contribution in [0.3, 0.4) is 0 Å². The molecule has 0 atom stereocenters.